The van der Waals surface area contributed by atoms with Gasteiger partial charge >= 0.3 is 6.55 Å². The number of hydrogen-bond acceptors (Lipinski definition) is 2. The molecule has 0 rings (SSSR count). The van der Waals surface area contributed by atoms with Gasteiger partial charge in [0.2, 0.25) is 0 Å². The standard InChI is InChI=1S/C5H8F2N2/c1-3-4-9(8-2)5(6)7/h3-5H,2H2,1H3/b4-3-. The Bertz CT molecular complexity index is 112. The second-order valence-corrected chi connectivity index (χ2v) is 1.28. The highest BCUT2D eigenvalue weighted by atomic mass is 19.3. The summed E-state index contributed by atoms with van der Waals surface area (Å²) in [7, 11) is 0. The number of nitrogens with zero attached hydrogens (tertiary/aromatic N) is 2. The molecule has 0 atom stereocenters. The van der Waals surface area contributed by atoms with Crippen LogP contribution in [0.2, 0.25) is 0 Å². The van der Waals surface area contributed by atoms with Crippen molar-refractivity contribution in [2.45, 2.75) is 13.5 Å². The number of hydrogen-bond donors (Lipinski definition) is 0. The topological polar surface area (TPSA) is 15.6 Å². The maximum absolute atomic E-state index is 11.6. The zero-order chi connectivity index (χ0) is 7.28. The molecule has 0 radical (unpaired) electrons. The second-order valence-electron chi connectivity index (χ2n) is 1.28. The Morgan fingerprint density at radius 1 is 1.67 bits per heavy atom. The lowest BCUT2D eigenvalue weighted by molar-refractivity contribution is 0.00823. The van der Waals surface area contributed by atoms with E-state index in [1.54, 1.807) is 6.92 Å². The Morgan fingerprint density at radius 2 is 2.22 bits per heavy atom. The Kier molecular flexibility index (Phi) is 3.59. The molecule has 0 aliphatic carbocycles. The van der Waals surface area contributed by atoms with Crippen molar-refractivity contribution in [1.82, 2.24) is 5.01 Å². The van der Waals surface area contributed by atoms with Crippen LogP contribution in [0.15, 0.2) is 17.4 Å². The van der Waals surface area contributed by atoms with E-state index in [0.717, 1.165) is 6.20 Å². The molecule has 0 heterocycles. The fourth-order valence-corrected chi connectivity index (χ4v) is 0.327. The third kappa shape index (κ3) is 2.79. The van der Waals surface area contributed by atoms with E-state index in [1.165, 1.54) is 6.08 Å². The summed E-state index contributed by atoms with van der Waals surface area (Å²) in [4.78, 5) is 0. The van der Waals surface area contributed by atoms with Gasteiger partial charge in [-0.2, -0.15) is 13.9 Å². The molecule has 52 valence electrons. The summed E-state index contributed by atoms with van der Waals surface area (Å²) in [6, 6.07) is 0. The molecule has 0 saturated heterocycles. The van der Waals surface area contributed by atoms with E-state index in [1.807, 2.05) is 0 Å². The second kappa shape index (κ2) is 4.00. The molecule has 0 unspecified atom stereocenters. The molecule has 0 aliphatic rings. The molecule has 0 aliphatic heterocycles. The highest BCUT2D eigenvalue weighted by Crippen LogP contribution is 2.02. The number of hydrazone groups is 1. The molecule has 0 amide bonds. The molecule has 0 spiro atoms. The van der Waals surface area contributed by atoms with Crippen LogP contribution in [0.3, 0.4) is 0 Å². The maximum atomic E-state index is 11.6. The van der Waals surface area contributed by atoms with E-state index in [2.05, 4.69) is 11.8 Å². The SMILES string of the molecule is C=NN(/C=C\C)C(F)F. The van der Waals surface area contributed by atoms with E-state index in [4.69, 9.17) is 0 Å². The van der Waals surface area contributed by atoms with Crippen molar-refractivity contribution >= 4 is 6.72 Å². The van der Waals surface area contributed by atoms with Crippen LogP contribution in [0.4, 0.5) is 8.78 Å². The summed E-state index contributed by atoms with van der Waals surface area (Å²) in [5.74, 6) is 0. The lowest BCUT2D eigenvalue weighted by Crippen LogP contribution is -2.15. The third-order valence-electron chi connectivity index (χ3n) is 0.665. The van der Waals surface area contributed by atoms with Crippen LogP contribution >= 0.6 is 0 Å². The minimum absolute atomic E-state index is 0.472. The van der Waals surface area contributed by atoms with Crippen LogP contribution in [0, 0.1) is 0 Å². The largest absolute Gasteiger partial charge is 0.333 e. The van der Waals surface area contributed by atoms with Crippen LogP contribution in [0.1, 0.15) is 6.92 Å². The van der Waals surface area contributed by atoms with Crippen molar-refractivity contribution in [2.75, 3.05) is 0 Å². The summed E-state index contributed by atoms with van der Waals surface area (Å²) in [5.41, 5.74) is 0. The van der Waals surface area contributed by atoms with E-state index < -0.39 is 6.55 Å². The maximum Gasteiger partial charge on any atom is 0.333 e. The first-order chi connectivity index (χ1) is 4.22. The number of rotatable bonds is 3. The smallest absolute Gasteiger partial charge is 0.213 e. The van der Waals surface area contributed by atoms with Crippen LogP contribution in [0.25, 0.3) is 0 Å². The van der Waals surface area contributed by atoms with Crippen LogP contribution in [-0.4, -0.2) is 18.3 Å². The van der Waals surface area contributed by atoms with Gasteiger partial charge in [0, 0.05) is 12.9 Å². The summed E-state index contributed by atoms with van der Waals surface area (Å²) in [5, 5.41) is 3.50. The minimum Gasteiger partial charge on any atom is -0.213 e. The predicted octanol–water partition coefficient (Wildman–Crippen LogP) is 1.66. The number of allylic oxidation sites excluding steroid dienone is 1. The fraction of sp³-hybridized carbons (Fsp3) is 0.400. The Hall–Kier alpha value is -0.930. The van der Waals surface area contributed by atoms with Crippen molar-refractivity contribution in [3.63, 3.8) is 0 Å². The lowest BCUT2D eigenvalue weighted by Gasteiger charge is -2.09. The number of halogens is 2. The van der Waals surface area contributed by atoms with Crippen LogP contribution in [-0.2, 0) is 0 Å². The van der Waals surface area contributed by atoms with Crippen molar-refractivity contribution in [3.05, 3.63) is 12.3 Å². The molecule has 0 saturated carbocycles. The first-order valence-corrected chi connectivity index (χ1v) is 2.38. The molecule has 4 heteroatoms. The van der Waals surface area contributed by atoms with E-state index in [0.29, 0.717) is 5.01 Å². The molecule has 0 aromatic rings. The predicted molar refractivity (Wildman–Crippen MR) is 32.2 cm³/mol. The zero-order valence-corrected chi connectivity index (χ0v) is 5.09. The van der Waals surface area contributed by atoms with Gasteiger partial charge in [-0.1, -0.05) is 6.08 Å². The molecule has 0 aromatic heterocycles. The Labute approximate surface area is 52.5 Å². The Balaban J connectivity index is 3.82. The fourth-order valence-electron chi connectivity index (χ4n) is 0.327. The van der Waals surface area contributed by atoms with Gasteiger partial charge in [0.05, 0.1) is 0 Å². The highest BCUT2D eigenvalue weighted by molar-refractivity contribution is 5.22. The van der Waals surface area contributed by atoms with Crippen LogP contribution in [0.5, 0.6) is 0 Å². The van der Waals surface area contributed by atoms with Gasteiger partial charge < -0.3 is 0 Å². The van der Waals surface area contributed by atoms with Crippen molar-refractivity contribution in [2.24, 2.45) is 5.10 Å². The summed E-state index contributed by atoms with van der Waals surface area (Å²) in [6.45, 7) is 1.97. The Morgan fingerprint density at radius 3 is 2.33 bits per heavy atom. The molecule has 0 bridgehead atoms. The van der Waals surface area contributed by atoms with Crippen molar-refractivity contribution in [3.8, 4) is 0 Å². The molecule has 0 aromatic carbocycles. The van der Waals surface area contributed by atoms with E-state index in [-0.39, 0.29) is 0 Å². The van der Waals surface area contributed by atoms with Crippen LogP contribution < -0.4 is 0 Å². The summed E-state index contributed by atoms with van der Waals surface area (Å²) in [6.07, 6.45) is 2.61. The molecule has 0 fully saturated rings. The normalized spacial score (nSPS) is 10.7. The van der Waals surface area contributed by atoms with Gasteiger partial charge in [0.15, 0.2) is 0 Å². The molecule has 2 nitrogen and oxygen atoms in total. The zero-order valence-electron chi connectivity index (χ0n) is 5.09. The van der Waals surface area contributed by atoms with Crippen molar-refractivity contribution in [1.29, 1.82) is 0 Å². The number of alkyl halides is 2. The van der Waals surface area contributed by atoms with Gasteiger partial charge in [0.25, 0.3) is 0 Å². The van der Waals surface area contributed by atoms with Gasteiger partial charge in [-0.05, 0) is 6.92 Å². The molecular formula is C5H8F2N2. The van der Waals surface area contributed by atoms with E-state index in [9.17, 15) is 8.78 Å². The third-order valence-corrected chi connectivity index (χ3v) is 0.665. The minimum atomic E-state index is -2.60. The van der Waals surface area contributed by atoms with Gasteiger partial charge in [-0.3, -0.25) is 0 Å². The highest BCUT2D eigenvalue weighted by Gasteiger charge is 2.06. The quantitative estimate of drug-likeness (QED) is 0.325. The average molecular weight is 134 g/mol. The summed E-state index contributed by atoms with van der Waals surface area (Å²) < 4.78 is 23.3. The first kappa shape index (κ1) is 8.07. The van der Waals surface area contributed by atoms with Gasteiger partial charge in [-0.15, -0.1) is 0 Å². The first-order valence-electron chi connectivity index (χ1n) is 2.38. The molecule has 9 heavy (non-hydrogen) atoms. The molecular weight excluding hydrogens is 126 g/mol. The van der Waals surface area contributed by atoms with Crippen molar-refractivity contribution < 1.29 is 8.78 Å². The van der Waals surface area contributed by atoms with Gasteiger partial charge in [-0.25, -0.2) is 5.01 Å². The summed E-state index contributed by atoms with van der Waals surface area (Å²) >= 11 is 0. The molecule has 0 N–H and O–H groups in total. The monoisotopic (exact) mass is 134 g/mol. The average Bonchev–Trinajstić information content (AvgIpc) is 1.82. The van der Waals surface area contributed by atoms with Gasteiger partial charge in [0.1, 0.15) is 0 Å². The van der Waals surface area contributed by atoms with E-state index >= 15 is 0 Å². The lowest BCUT2D eigenvalue weighted by atomic mass is 10.7.